The van der Waals surface area contributed by atoms with Gasteiger partial charge in [-0.2, -0.15) is 0 Å². The van der Waals surface area contributed by atoms with Crippen LogP contribution in [-0.2, 0) is 9.59 Å². The highest BCUT2D eigenvalue weighted by molar-refractivity contribution is 6.51. The first-order chi connectivity index (χ1) is 16.4. The Kier molecular flexibility index (Phi) is 6.23. The van der Waals surface area contributed by atoms with Gasteiger partial charge in [0, 0.05) is 11.3 Å². The summed E-state index contributed by atoms with van der Waals surface area (Å²) in [6.07, 6.45) is 0. The Morgan fingerprint density at radius 3 is 2.09 bits per heavy atom. The van der Waals surface area contributed by atoms with E-state index in [-0.39, 0.29) is 16.9 Å². The Labute approximate surface area is 195 Å². The van der Waals surface area contributed by atoms with Crippen LogP contribution in [0.15, 0.2) is 72.3 Å². The Morgan fingerprint density at radius 1 is 0.853 bits per heavy atom. The molecular formula is C26H22FNO6. The highest BCUT2D eigenvalue weighted by Gasteiger charge is 2.47. The van der Waals surface area contributed by atoms with Crippen LogP contribution in [0.5, 0.6) is 17.2 Å². The van der Waals surface area contributed by atoms with Gasteiger partial charge in [0.1, 0.15) is 17.3 Å². The zero-order valence-electron chi connectivity index (χ0n) is 18.7. The Hall–Kier alpha value is -4.33. The van der Waals surface area contributed by atoms with Crippen molar-refractivity contribution >= 4 is 23.1 Å². The van der Waals surface area contributed by atoms with Crippen LogP contribution in [0.2, 0.25) is 0 Å². The maximum Gasteiger partial charge on any atom is 0.300 e. The van der Waals surface area contributed by atoms with Crippen LogP contribution in [0.3, 0.4) is 0 Å². The number of methoxy groups -OCH3 is 3. The van der Waals surface area contributed by atoms with Crippen LogP contribution in [0, 0.1) is 5.82 Å². The molecule has 0 radical (unpaired) electrons. The molecule has 8 heteroatoms. The first-order valence-corrected chi connectivity index (χ1v) is 10.3. The van der Waals surface area contributed by atoms with E-state index in [9.17, 15) is 19.1 Å². The zero-order valence-corrected chi connectivity index (χ0v) is 18.7. The zero-order chi connectivity index (χ0) is 24.4. The van der Waals surface area contributed by atoms with E-state index in [1.807, 2.05) is 0 Å². The van der Waals surface area contributed by atoms with Crippen molar-refractivity contribution in [2.24, 2.45) is 0 Å². The van der Waals surface area contributed by atoms with Crippen molar-refractivity contribution in [2.75, 3.05) is 26.2 Å². The number of aliphatic hydroxyl groups excluding tert-OH is 1. The van der Waals surface area contributed by atoms with Gasteiger partial charge >= 0.3 is 0 Å². The summed E-state index contributed by atoms with van der Waals surface area (Å²) in [5.74, 6) is -1.18. The number of hydrogen-bond acceptors (Lipinski definition) is 6. The minimum absolute atomic E-state index is 0.105. The van der Waals surface area contributed by atoms with Crippen molar-refractivity contribution in [2.45, 2.75) is 6.04 Å². The third-order valence-electron chi connectivity index (χ3n) is 5.64. The van der Waals surface area contributed by atoms with E-state index in [2.05, 4.69) is 0 Å². The van der Waals surface area contributed by atoms with Crippen molar-refractivity contribution in [1.82, 2.24) is 0 Å². The number of hydrogen-bond donors (Lipinski definition) is 1. The fraction of sp³-hybridized carbons (Fsp3) is 0.154. The van der Waals surface area contributed by atoms with E-state index in [0.717, 1.165) is 0 Å². The van der Waals surface area contributed by atoms with E-state index >= 15 is 0 Å². The van der Waals surface area contributed by atoms with Crippen LogP contribution in [0.1, 0.15) is 17.2 Å². The minimum Gasteiger partial charge on any atom is -0.507 e. The first kappa shape index (κ1) is 22.8. The number of Topliss-reactive ketones (excluding diaryl/α,β-unsaturated/α-hetero) is 1. The SMILES string of the molecule is COc1ccc(C2/C(=C(/O)c3ccc(OC)c(OC)c3)C(=O)C(=O)N2c2ccc(F)cc2)cc1. The number of ether oxygens (including phenoxy) is 3. The van der Waals surface area contributed by atoms with E-state index in [1.54, 1.807) is 36.4 Å². The van der Waals surface area contributed by atoms with Gasteiger partial charge in [-0.05, 0) is 60.2 Å². The average Bonchev–Trinajstić information content (AvgIpc) is 3.13. The van der Waals surface area contributed by atoms with Crippen molar-refractivity contribution in [3.8, 4) is 17.2 Å². The Balaban J connectivity index is 1.92. The number of rotatable bonds is 6. The summed E-state index contributed by atoms with van der Waals surface area (Å²) < 4.78 is 29.3. The molecule has 1 fully saturated rings. The summed E-state index contributed by atoms with van der Waals surface area (Å²) in [4.78, 5) is 27.6. The molecule has 1 aliphatic heterocycles. The second-order valence-corrected chi connectivity index (χ2v) is 7.49. The lowest BCUT2D eigenvalue weighted by atomic mass is 9.95. The van der Waals surface area contributed by atoms with Gasteiger partial charge in [-0.1, -0.05) is 12.1 Å². The maximum absolute atomic E-state index is 13.6. The Bertz CT molecular complexity index is 1270. The summed E-state index contributed by atoms with van der Waals surface area (Å²) in [5.41, 5.74) is 1.04. The molecule has 1 heterocycles. The van der Waals surface area contributed by atoms with Crippen LogP contribution in [-0.4, -0.2) is 38.1 Å². The van der Waals surface area contributed by atoms with E-state index in [0.29, 0.717) is 28.5 Å². The van der Waals surface area contributed by atoms with Crippen molar-refractivity contribution in [3.05, 3.63) is 89.2 Å². The smallest absolute Gasteiger partial charge is 0.300 e. The summed E-state index contributed by atoms with van der Waals surface area (Å²) >= 11 is 0. The summed E-state index contributed by atoms with van der Waals surface area (Å²) in [7, 11) is 4.46. The lowest BCUT2D eigenvalue weighted by Gasteiger charge is -2.25. The van der Waals surface area contributed by atoms with E-state index in [1.165, 1.54) is 56.6 Å². The second kappa shape index (κ2) is 9.27. The molecule has 0 spiro atoms. The monoisotopic (exact) mass is 463 g/mol. The third-order valence-corrected chi connectivity index (χ3v) is 5.64. The van der Waals surface area contributed by atoms with Gasteiger partial charge in [0.2, 0.25) is 0 Å². The van der Waals surface area contributed by atoms with E-state index in [4.69, 9.17) is 14.2 Å². The topological polar surface area (TPSA) is 85.3 Å². The first-order valence-electron chi connectivity index (χ1n) is 10.3. The molecule has 0 aromatic heterocycles. The second-order valence-electron chi connectivity index (χ2n) is 7.49. The highest BCUT2D eigenvalue weighted by Crippen LogP contribution is 2.43. The number of anilines is 1. The van der Waals surface area contributed by atoms with Gasteiger partial charge in [-0.3, -0.25) is 14.5 Å². The molecule has 0 aliphatic carbocycles. The molecule has 4 rings (SSSR count). The number of nitrogens with zero attached hydrogens (tertiary/aromatic N) is 1. The molecular weight excluding hydrogens is 441 g/mol. The normalized spacial score (nSPS) is 17.1. The molecule has 1 aliphatic rings. The fourth-order valence-corrected chi connectivity index (χ4v) is 3.94. The lowest BCUT2D eigenvalue weighted by Crippen LogP contribution is -2.29. The molecule has 1 unspecified atom stereocenters. The molecule has 1 saturated heterocycles. The largest absolute Gasteiger partial charge is 0.507 e. The molecule has 0 saturated carbocycles. The minimum atomic E-state index is -0.954. The van der Waals surface area contributed by atoms with Crippen LogP contribution in [0.4, 0.5) is 10.1 Å². The molecule has 1 atom stereocenters. The molecule has 3 aromatic rings. The maximum atomic E-state index is 13.6. The van der Waals surface area contributed by atoms with E-state index < -0.39 is 23.5 Å². The number of carbonyl (C=O) groups is 2. The van der Waals surface area contributed by atoms with Gasteiger partial charge in [0.05, 0.1) is 32.9 Å². The number of benzene rings is 3. The van der Waals surface area contributed by atoms with Crippen molar-refractivity contribution in [3.63, 3.8) is 0 Å². The predicted octanol–water partition coefficient (Wildman–Crippen LogP) is 4.48. The molecule has 1 N–H and O–H groups in total. The molecule has 1 amide bonds. The van der Waals surface area contributed by atoms with Gasteiger partial charge in [-0.15, -0.1) is 0 Å². The third kappa shape index (κ3) is 3.94. The Morgan fingerprint density at radius 2 is 1.50 bits per heavy atom. The summed E-state index contributed by atoms with van der Waals surface area (Å²) in [5, 5.41) is 11.2. The number of halogens is 1. The number of aliphatic hydroxyl groups is 1. The molecule has 3 aromatic carbocycles. The van der Waals surface area contributed by atoms with Crippen LogP contribution >= 0.6 is 0 Å². The fourth-order valence-electron chi connectivity index (χ4n) is 3.94. The van der Waals surface area contributed by atoms with Crippen LogP contribution < -0.4 is 19.1 Å². The van der Waals surface area contributed by atoms with Crippen LogP contribution in [0.25, 0.3) is 5.76 Å². The standard InChI is InChI=1S/C26H22FNO6/c1-32-19-11-4-15(5-12-19)23-22(24(29)16-6-13-20(33-2)21(14-16)34-3)25(30)26(31)28(23)18-9-7-17(27)8-10-18/h4-14,23,29H,1-3H3/b24-22-. The molecule has 0 bridgehead atoms. The van der Waals surface area contributed by atoms with Gasteiger partial charge < -0.3 is 19.3 Å². The average molecular weight is 463 g/mol. The molecule has 34 heavy (non-hydrogen) atoms. The number of amides is 1. The predicted molar refractivity (Wildman–Crippen MR) is 124 cm³/mol. The molecule has 7 nitrogen and oxygen atoms in total. The summed E-state index contributed by atoms with van der Waals surface area (Å²) in [6.45, 7) is 0. The lowest BCUT2D eigenvalue weighted by molar-refractivity contribution is -0.132. The van der Waals surface area contributed by atoms with Gasteiger partial charge in [0.25, 0.3) is 11.7 Å². The van der Waals surface area contributed by atoms with Gasteiger partial charge in [0.15, 0.2) is 11.5 Å². The highest BCUT2D eigenvalue weighted by atomic mass is 19.1. The molecule has 174 valence electrons. The van der Waals surface area contributed by atoms with Crippen molar-refractivity contribution < 1.29 is 33.3 Å². The van der Waals surface area contributed by atoms with Crippen molar-refractivity contribution in [1.29, 1.82) is 0 Å². The quantitative estimate of drug-likeness (QED) is 0.330. The van der Waals surface area contributed by atoms with Gasteiger partial charge in [-0.25, -0.2) is 4.39 Å². The number of carbonyl (C=O) groups excluding carboxylic acids is 2. The number of ketones is 1. The summed E-state index contributed by atoms with van der Waals surface area (Å²) in [6, 6.07) is 15.7.